The van der Waals surface area contributed by atoms with Gasteiger partial charge < -0.3 is 14.7 Å². The molecule has 1 N–H and O–H groups in total. The van der Waals surface area contributed by atoms with E-state index in [2.05, 4.69) is 0 Å². The van der Waals surface area contributed by atoms with Gasteiger partial charge in [-0.2, -0.15) is 0 Å². The summed E-state index contributed by atoms with van der Waals surface area (Å²) in [6.07, 6.45) is 1.48. The Hall–Kier alpha value is -0.610. The Morgan fingerprint density at radius 3 is 2.92 bits per heavy atom. The van der Waals surface area contributed by atoms with Crippen molar-refractivity contribution in [1.29, 1.82) is 0 Å². The molecule has 13 heavy (non-hydrogen) atoms. The predicted octanol–water partition coefficient (Wildman–Crippen LogP) is 0.00460. The molecule has 0 aromatic rings. The van der Waals surface area contributed by atoms with E-state index in [0.717, 1.165) is 12.8 Å². The van der Waals surface area contributed by atoms with Gasteiger partial charge in [0.05, 0.1) is 12.6 Å². The first-order valence-corrected chi connectivity index (χ1v) is 4.66. The second-order valence-electron chi connectivity index (χ2n) is 3.48. The molecule has 1 heterocycles. The van der Waals surface area contributed by atoms with Crippen LogP contribution in [0.15, 0.2) is 0 Å². The van der Waals surface area contributed by atoms with Crippen LogP contribution in [0.4, 0.5) is 0 Å². The highest BCUT2D eigenvalue weighted by Crippen LogP contribution is 2.14. The van der Waals surface area contributed by atoms with E-state index >= 15 is 0 Å². The van der Waals surface area contributed by atoms with Crippen LogP contribution >= 0.6 is 0 Å². The summed E-state index contributed by atoms with van der Waals surface area (Å²) in [4.78, 5) is 13.2. The highest BCUT2D eigenvalue weighted by molar-refractivity contribution is 5.81. The lowest BCUT2D eigenvalue weighted by molar-refractivity contribution is -0.142. The first-order chi connectivity index (χ1) is 6.16. The van der Waals surface area contributed by atoms with E-state index in [1.54, 1.807) is 11.9 Å². The van der Waals surface area contributed by atoms with E-state index in [-0.39, 0.29) is 24.7 Å². The highest BCUT2D eigenvalue weighted by atomic mass is 16.5. The van der Waals surface area contributed by atoms with Crippen LogP contribution in [-0.4, -0.2) is 48.3 Å². The Morgan fingerprint density at radius 2 is 2.46 bits per heavy atom. The van der Waals surface area contributed by atoms with Gasteiger partial charge in [-0.25, -0.2) is 0 Å². The molecule has 0 aliphatic carbocycles. The summed E-state index contributed by atoms with van der Waals surface area (Å²) in [6.45, 7) is 2.49. The average Bonchev–Trinajstić information content (AvgIpc) is 2.67. The fraction of sp³-hybridized carbons (Fsp3) is 0.889. The molecule has 4 nitrogen and oxygen atoms in total. The van der Waals surface area contributed by atoms with Gasteiger partial charge in [-0.3, -0.25) is 4.79 Å². The van der Waals surface area contributed by atoms with Crippen LogP contribution in [0.5, 0.6) is 0 Å². The number of ether oxygens (including phenoxy) is 1. The standard InChI is InChI=1S/C9H17NO3/c1-7(6-11)10(2)9(12)8-4-3-5-13-8/h7-8,11H,3-6H2,1-2H3. The number of hydrogen-bond donors (Lipinski definition) is 1. The number of carbonyl (C=O) groups excluding carboxylic acids is 1. The van der Waals surface area contributed by atoms with Crippen molar-refractivity contribution in [2.45, 2.75) is 31.9 Å². The van der Waals surface area contributed by atoms with Crippen LogP contribution in [0.3, 0.4) is 0 Å². The van der Waals surface area contributed by atoms with Crippen molar-refractivity contribution < 1.29 is 14.6 Å². The Bertz CT molecular complexity index is 178. The predicted molar refractivity (Wildman–Crippen MR) is 48.3 cm³/mol. The molecule has 1 fully saturated rings. The minimum Gasteiger partial charge on any atom is -0.394 e. The largest absolute Gasteiger partial charge is 0.394 e. The number of amides is 1. The van der Waals surface area contributed by atoms with Crippen molar-refractivity contribution in [3.8, 4) is 0 Å². The Balaban J connectivity index is 2.45. The molecule has 1 amide bonds. The molecular formula is C9H17NO3. The lowest BCUT2D eigenvalue weighted by Gasteiger charge is -2.25. The van der Waals surface area contributed by atoms with Gasteiger partial charge >= 0.3 is 0 Å². The minimum absolute atomic E-state index is 0.00500. The zero-order valence-corrected chi connectivity index (χ0v) is 8.19. The van der Waals surface area contributed by atoms with Gasteiger partial charge in [0.1, 0.15) is 6.10 Å². The summed E-state index contributed by atoms with van der Waals surface area (Å²) in [5.41, 5.74) is 0. The lowest BCUT2D eigenvalue weighted by Crippen LogP contribution is -2.43. The van der Waals surface area contributed by atoms with Crippen molar-refractivity contribution in [1.82, 2.24) is 4.90 Å². The molecule has 0 bridgehead atoms. The molecule has 0 radical (unpaired) electrons. The quantitative estimate of drug-likeness (QED) is 0.677. The average molecular weight is 187 g/mol. The number of rotatable bonds is 3. The maximum atomic E-state index is 11.6. The van der Waals surface area contributed by atoms with Crippen LogP contribution < -0.4 is 0 Å². The van der Waals surface area contributed by atoms with Gasteiger partial charge in [0.15, 0.2) is 0 Å². The fourth-order valence-electron chi connectivity index (χ4n) is 1.34. The first kappa shape index (κ1) is 10.5. The van der Waals surface area contributed by atoms with Gasteiger partial charge in [0.2, 0.25) is 0 Å². The Kier molecular flexibility index (Phi) is 3.69. The maximum Gasteiger partial charge on any atom is 0.251 e. The second-order valence-corrected chi connectivity index (χ2v) is 3.48. The van der Waals surface area contributed by atoms with Crippen molar-refractivity contribution in [2.24, 2.45) is 0 Å². The number of nitrogens with zero attached hydrogens (tertiary/aromatic N) is 1. The monoisotopic (exact) mass is 187 g/mol. The van der Waals surface area contributed by atoms with Crippen LogP contribution in [0, 0.1) is 0 Å². The summed E-state index contributed by atoms with van der Waals surface area (Å²) < 4.78 is 5.26. The zero-order chi connectivity index (χ0) is 9.84. The van der Waals surface area contributed by atoms with Gasteiger partial charge in [0, 0.05) is 13.7 Å². The normalized spacial score (nSPS) is 24.4. The third-order valence-corrected chi connectivity index (χ3v) is 2.48. The summed E-state index contributed by atoms with van der Waals surface area (Å²) in [7, 11) is 1.70. The fourth-order valence-corrected chi connectivity index (χ4v) is 1.34. The first-order valence-electron chi connectivity index (χ1n) is 4.66. The molecule has 0 aromatic carbocycles. The number of hydrogen-bond acceptors (Lipinski definition) is 3. The van der Waals surface area contributed by atoms with E-state index < -0.39 is 0 Å². The van der Waals surface area contributed by atoms with Gasteiger partial charge in [-0.15, -0.1) is 0 Å². The molecule has 1 rings (SSSR count). The van der Waals surface area contributed by atoms with E-state index in [9.17, 15) is 4.79 Å². The number of carbonyl (C=O) groups is 1. The molecule has 2 unspecified atom stereocenters. The number of likely N-dealkylation sites (N-methyl/N-ethyl adjacent to an activating group) is 1. The van der Waals surface area contributed by atoms with Crippen LogP contribution in [0.1, 0.15) is 19.8 Å². The minimum atomic E-state index is -0.279. The van der Waals surface area contributed by atoms with Crippen LogP contribution in [0.2, 0.25) is 0 Å². The topological polar surface area (TPSA) is 49.8 Å². The van der Waals surface area contributed by atoms with Crippen LogP contribution in [-0.2, 0) is 9.53 Å². The van der Waals surface area contributed by atoms with E-state index in [4.69, 9.17) is 9.84 Å². The van der Waals surface area contributed by atoms with Crippen molar-refractivity contribution >= 4 is 5.91 Å². The number of aliphatic hydroxyl groups is 1. The lowest BCUT2D eigenvalue weighted by atomic mass is 10.2. The molecule has 0 aromatic heterocycles. The molecule has 0 saturated carbocycles. The Labute approximate surface area is 78.5 Å². The van der Waals surface area contributed by atoms with Gasteiger partial charge in [-0.05, 0) is 19.8 Å². The molecular weight excluding hydrogens is 170 g/mol. The third-order valence-electron chi connectivity index (χ3n) is 2.48. The highest BCUT2D eigenvalue weighted by Gasteiger charge is 2.28. The number of aliphatic hydroxyl groups excluding tert-OH is 1. The maximum absolute atomic E-state index is 11.6. The summed E-state index contributed by atoms with van der Waals surface area (Å²) in [5, 5.41) is 8.86. The molecule has 1 saturated heterocycles. The summed E-state index contributed by atoms with van der Waals surface area (Å²) >= 11 is 0. The molecule has 2 atom stereocenters. The van der Waals surface area contributed by atoms with Crippen LogP contribution in [0.25, 0.3) is 0 Å². The SMILES string of the molecule is CC(CO)N(C)C(=O)C1CCCO1. The molecule has 1 aliphatic rings. The van der Waals surface area contributed by atoms with Gasteiger partial charge in [-0.1, -0.05) is 0 Å². The molecule has 0 spiro atoms. The zero-order valence-electron chi connectivity index (χ0n) is 8.19. The Morgan fingerprint density at radius 1 is 1.77 bits per heavy atom. The van der Waals surface area contributed by atoms with Gasteiger partial charge in [0.25, 0.3) is 5.91 Å². The van der Waals surface area contributed by atoms with Crippen molar-refractivity contribution in [3.05, 3.63) is 0 Å². The second kappa shape index (κ2) is 4.58. The molecule has 1 aliphatic heterocycles. The smallest absolute Gasteiger partial charge is 0.251 e. The molecule has 4 heteroatoms. The van der Waals surface area contributed by atoms with Crippen molar-refractivity contribution in [3.63, 3.8) is 0 Å². The summed E-state index contributed by atoms with van der Waals surface area (Å²) in [6, 6.07) is -0.128. The van der Waals surface area contributed by atoms with Crippen molar-refractivity contribution in [2.75, 3.05) is 20.3 Å². The third kappa shape index (κ3) is 2.42. The van der Waals surface area contributed by atoms with E-state index in [0.29, 0.717) is 6.61 Å². The van der Waals surface area contributed by atoms with E-state index in [1.165, 1.54) is 0 Å². The summed E-state index contributed by atoms with van der Waals surface area (Å²) in [5.74, 6) is -0.0148. The van der Waals surface area contributed by atoms with E-state index in [1.807, 2.05) is 6.92 Å². The molecule has 76 valence electrons.